The Morgan fingerprint density at radius 1 is 1.27 bits per heavy atom. The number of amides is 3. The maximum absolute atomic E-state index is 12.4. The lowest BCUT2D eigenvalue weighted by Crippen LogP contribution is -2.52. The molecule has 0 aliphatic carbocycles. The van der Waals surface area contributed by atoms with Gasteiger partial charge in [-0.1, -0.05) is 0 Å². The molecule has 3 rings (SSSR count). The molecule has 0 radical (unpaired) electrons. The van der Waals surface area contributed by atoms with Crippen molar-refractivity contribution < 1.29 is 9.59 Å². The first-order chi connectivity index (χ1) is 10.5. The van der Waals surface area contributed by atoms with E-state index in [4.69, 9.17) is 0 Å². The Bertz CT molecular complexity index is 435. The van der Waals surface area contributed by atoms with Crippen molar-refractivity contribution in [2.24, 2.45) is 5.41 Å². The molecule has 1 unspecified atom stereocenters. The van der Waals surface area contributed by atoms with Crippen molar-refractivity contribution in [2.45, 2.75) is 51.6 Å². The van der Waals surface area contributed by atoms with Crippen LogP contribution in [0.15, 0.2) is 0 Å². The highest BCUT2D eigenvalue weighted by molar-refractivity contribution is 5.88. The second kappa shape index (κ2) is 6.07. The maximum Gasteiger partial charge on any atom is 0.318 e. The summed E-state index contributed by atoms with van der Waals surface area (Å²) in [5, 5.41) is 6.38. The standard InChI is InChI=1S/C16H28N4O2/c1-12(2)20-8-3-13(14(20)21)18-15(22)19-9-5-16(6-10-19)4-7-17-11-16/h12-13,17H,3-11H2,1-2H3,(H,18,22). The molecule has 22 heavy (non-hydrogen) atoms. The summed E-state index contributed by atoms with van der Waals surface area (Å²) >= 11 is 0. The van der Waals surface area contributed by atoms with Crippen LogP contribution in [0.1, 0.15) is 39.5 Å². The molecule has 1 spiro atoms. The molecule has 3 heterocycles. The zero-order valence-corrected chi connectivity index (χ0v) is 13.7. The molecule has 0 saturated carbocycles. The minimum absolute atomic E-state index is 0.0650. The van der Waals surface area contributed by atoms with E-state index in [2.05, 4.69) is 10.6 Å². The van der Waals surface area contributed by atoms with Crippen molar-refractivity contribution in [3.63, 3.8) is 0 Å². The molecule has 0 aromatic heterocycles. The summed E-state index contributed by atoms with van der Waals surface area (Å²) in [5.41, 5.74) is 0.411. The molecule has 3 fully saturated rings. The highest BCUT2D eigenvalue weighted by atomic mass is 16.2. The van der Waals surface area contributed by atoms with E-state index in [1.165, 1.54) is 6.42 Å². The highest BCUT2D eigenvalue weighted by Crippen LogP contribution is 2.36. The van der Waals surface area contributed by atoms with Crippen LogP contribution in [0.2, 0.25) is 0 Å². The van der Waals surface area contributed by atoms with Crippen molar-refractivity contribution in [3.8, 4) is 0 Å². The second-order valence-electron chi connectivity index (χ2n) is 7.33. The van der Waals surface area contributed by atoms with E-state index < -0.39 is 0 Å². The molecular formula is C16H28N4O2. The Kier molecular flexibility index (Phi) is 4.30. The zero-order chi connectivity index (χ0) is 15.7. The number of hydrogen-bond donors (Lipinski definition) is 2. The number of urea groups is 1. The van der Waals surface area contributed by atoms with Gasteiger partial charge in [0.2, 0.25) is 5.91 Å². The van der Waals surface area contributed by atoms with Gasteiger partial charge in [0.25, 0.3) is 0 Å². The summed E-state index contributed by atoms with van der Waals surface area (Å²) in [6.07, 6.45) is 4.10. The summed E-state index contributed by atoms with van der Waals surface area (Å²) < 4.78 is 0. The predicted octanol–water partition coefficient (Wildman–Crippen LogP) is 0.781. The summed E-state index contributed by atoms with van der Waals surface area (Å²) in [6, 6.07) is -0.192. The molecule has 0 aromatic carbocycles. The molecule has 6 heteroatoms. The van der Waals surface area contributed by atoms with Crippen molar-refractivity contribution in [2.75, 3.05) is 32.7 Å². The summed E-state index contributed by atoms with van der Waals surface area (Å²) in [5.74, 6) is 0.0665. The Balaban J connectivity index is 1.50. The van der Waals surface area contributed by atoms with Gasteiger partial charge in [0, 0.05) is 32.2 Å². The van der Waals surface area contributed by atoms with E-state index in [9.17, 15) is 9.59 Å². The number of rotatable bonds is 2. The topological polar surface area (TPSA) is 64.7 Å². The van der Waals surface area contributed by atoms with E-state index >= 15 is 0 Å². The fraction of sp³-hybridized carbons (Fsp3) is 0.875. The highest BCUT2D eigenvalue weighted by Gasteiger charge is 2.39. The van der Waals surface area contributed by atoms with Gasteiger partial charge in [-0.25, -0.2) is 4.79 Å². The zero-order valence-electron chi connectivity index (χ0n) is 13.7. The van der Waals surface area contributed by atoms with Crippen LogP contribution in [0, 0.1) is 5.41 Å². The quantitative estimate of drug-likeness (QED) is 0.792. The van der Waals surface area contributed by atoms with Crippen LogP contribution in [-0.4, -0.2) is 66.5 Å². The fourth-order valence-corrected chi connectivity index (χ4v) is 4.00. The van der Waals surface area contributed by atoms with Gasteiger partial charge in [0.1, 0.15) is 6.04 Å². The summed E-state index contributed by atoms with van der Waals surface area (Å²) in [7, 11) is 0. The van der Waals surface area contributed by atoms with Crippen LogP contribution in [0.4, 0.5) is 4.79 Å². The third-order valence-corrected chi connectivity index (χ3v) is 5.60. The second-order valence-corrected chi connectivity index (χ2v) is 7.33. The SMILES string of the molecule is CC(C)N1CCC(NC(=O)N2CCC3(CCNC3)CC2)C1=O. The minimum atomic E-state index is -0.334. The summed E-state index contributed by atoms with van der Waals surface area (Å²) in [6.45, 7) is 8.59. The molecule has 3 aliphatic rings. The van der Waals surface area contributed by atoms with Crippen LogP contribution in [0.5, 0.6) is 0 Å². The molecule has 3 aliphatic heterocycles. The normalized spacial score (nSPS) is 28.0. The number of hydrogen-bond acceptors (Lipinski definition) is 3. The molecule has 0 bridgehead atoms. The monoisotopic (exact) mass is 308 g/mol. The van der Waals surface area contributed by atoms with Crippen molar-refractivity contribution in [3.05, 3.63) is 0 Å². The van der Waals surface area contributed by atoms with Crippen LogP contribution in [0.3, 0.4) is 0 Å². The smallest absolute Gasteiger partial charge is 0.318 e. The van der Waals surface area contributed by atoms with Gasteiger partial charge < -0.3 is 20.4 Å². The largest absolute Gasteiger partial charge is 0.338 e. The Morgan fingerprint density at radius 3 is 2.55 bits per heavy atom. The van der Waals surface area contributed by atoms with E-state index in [-0.39, 0.29) is 24.0 Å². The van der Waals surface area contributed by atoms with Gasteiger partial charge in [0.15, 0.2) is 0 Å². The van der Waals surface area contributed by atoms with E-state index in [1.54, 1.807) is 0 Å². The fourth-order valence-electron chi connectivity index (χ4n) is 4.00. The van der Waals surface area contributed by atoms with Gasteiger partial charge in [-0.05, 0) is 51.5 Å². The van der Waals surface area contributed by atoms with E-state index in [0.717, 1.165) is 52.0 Å². The molecule has 2 N–H and O–H groups in total. The van der Waals surface area contributed by atoms with Gasteiger partial charge in [-0.15, -0.1) is 0 Å². The number of nitrogens with zero attached hydrogens (tertiary/aromatic N) is 2. The molecule has 3 saturated heterocycles. The van der Waals surface area contributed by atoms with Crippen molar-refractivity contribution >= 4 is 11.9 Å². The predicted molar refractivity (Wildman–Crippen MR) is 84.5 cm³/mol. The first-order valence-corrected chi connectivity index (χ1v) is 8.57. The molecule has 3 amide bonds. The third kappa shape index (κ3) is 2.93. The van der Waals surface area contributed by atoms with Gasteiger partial charge in [0.05, 0.1) is 0 Å². The third-order valence-electron chi connectivity index (χ3n) is 5.60. The van der Waals surface area contributed by atoms with Crippen molar-refractivity contribution in [1.29, 1.82) is 0 Å². The molecule has 124 valence electrons. The first kappa shape index (κ1) is 15.6. The average Bonchev–Trinajstić information content (AvgIpc) is 3.08. The van der Waals surface area contributed by atoms with E-state index in [0.29, 0.717) is 5.41 Å². The summed E-state index contributed by atoms with van der Waals surface area (Å²) in [4.78, 5) is 28.4. The van der Waals surface area contributed by atoms with Crippen LogP contribution in [-0.2, 0) is 4.79 Å². The molecule has 6 nitrogen and oxygen atoms in total. The number of nitrogens with one attached hydrogen (secondary N) is 2. The first-order valence-electron chi connectivity index (χ1n) is 8.57. The number of piperidine rings is 1. The van der Waals surface area contributed by atoms with Gasteiger partial charge in [-0.2, -0.15) is 0 Å². The lowest BCUT2D eigenvalue weighted by atomic mass is 9.78. The number of likely N-dealkylation sites (tertiary alicyclic amines) is 2. The van der Waals surface area contributed by atoms with Crippen LogP contribution < -0.4 is 10.6 Å². The Hall–Kier alpha value is -1.30. The number of carbonyl (C=O) groups excluding carboxylic acids is 2. The Morgan fingerprint density at radius 2 is 2.00 bits per heavy atom. The molecule has 0 aromatic rings. The van der Waals surface area contributed by atoms with Crippen LogP contribution in [0.25, 0.3) is 0 Å². The molecule has 1 atom stereocenters. The minimum Gasteiger partial charge on any atom is -0.338 e. The van der Waals surface area contributed by atoms with E-state index in [1.807, 2.05) is 23.6 Å². The lowest BCUT2D eigenvalue weighted by Gasteiger charge is -2.39. The lowest BCUT2D eigenvalue weighted by molar-refractivity contribution is -0.130. The average molecular weight is 308 g/mol. The maximum atomic E-state index is 12.4. The molecular weight excluding hydrogens is 280 g/mol. The van der Waals surface area contributed by atoms with Crippen molar-refractivity contribution in [1.82, 2.24) is 20.4 Å². The number of carbonyl (C=O) groups is 2. The van der Waals surface area contributed by atoms with Gasteiger partial charge in [-0.3, -0.25) is 4.79 Å². The van der Waals surface area contributed by atoms with Crippen LogP contribution >= 0.6 is 0 Å². The Labute approximate surface area is 132 Å². The van der Waals surface area contributed by atoms with Gasteiger partial charge >= 0.3 is 6.03 Å².